The van der Waals surface area contributed by atoms with Gasteiger partial charge in [0, 0.05) is 19.6 Å². The molecule has 1 aromatic heterocycles. The van der Waals surface area contributed by atoms with E-state index in [4.69, 9.17) is 9.63 Å². The minimum absolute atomic E-state index is 0.180. The van der Waals surface area contributed by atoms with Gasteiger partial charge in [0.05, 0.1) is 6.54 Å². The van der Waals surface area contributed by atoms with Crippen LogP contribution in [0.4, 0.5) is 0 Å². The van der Waals surface area contributed by atoms with Crippen molar-refractivity contribution in [1.29, 1.82) is 0 Å². The number of aryl methyl sites for hydroxylation is 1. The summed E-state index contributed by atoms with van der Waals surface area (Å²) in [6.07, 6.45) is 0. The van der Waals surface area contributed by atoms with Crippen LogP contribution in [-0.2, 0) is 6.54 Å². The Morgan fingerprint density at radius 3 is 2.71 bits per heavy atom. The number of aliphatic hydroxyl groups is 1. The molecule has 0 aliphatic carbocycles. The molecule has 0 amide bonds. The first-order chi connectivity index (χ1) is 6.63. The van der Waals surface area contributed by atoms with Gasteiger partial charge in [-0.25, -0.2) is 0 Å². The predicted octanol–water partition coefficient (Wildman–Crippen LogP) is 0.485. The molecule has 0 aliphatic rings. The Bertz CT molecular complexity index is 275. The van der Waals surface area contributed by atoms with Crippen molar-refractivity contribution >= 4 is 0 Å². The number of nitrogens with zero attached hydrogens (tertiary/aromatic N) is 2. The predicted molar refractivity (Wildman–Crippen MR) is 51.6 cm³/mol. The molecule has 14 heavy (non-hydrogen) atoms. The van der Waals surface area contributed by atoms with Crippen molar-refractivity contribution in [2.45, 2.75) is 33.4 Å². The molecule has 0 saturated heterocycles. The second kappa shape index (κ2) is 5.07. The van der Waals surface area contributed by atoms with Crippen LogP contribution in [0.15, 0.2) is 4.52 Å². The minimum Gasteiger partial charge on any atom is -0.396 e. The Morgan fingerprint density at radius 2 is 2.21 bits per heavy atom. The van der Waals surface area contributed by atoms with E-state index < -0.39 is 0 Å². The summed E-state index contributed by atoms with van der Waals surface area (Å²) >= 11 is 0. The molecule has 0 bridgehead atoms. The normalized spacial score (nSPS) is 15.4. The van der Waals surface area contributed by atoms with Gasteiger partial charge in [0.2, 0.25) is 5.89 Å². The van der Waals surface area contributed by atoms with E-state index in [0.29, 0.717) is 18.3 Å². The topological polar surface area (TPSA) is 71.2 Å². The van der Waals surface area contributed by atoms with Crippen molar-refractivity contribution in [3.63, 3.8) is 0 Å². The monoisotopic (exact) mass is 199 g/mol. The van der Waals surface area contributed by atoms with Crippen LogP contribution in [-0.4, -0.2) is 27.9 Å². The Kier molecular flexibility index (Phi) is 4.03. The molecule has 0 aromatic carbocycles. The van der Waals surface area contributed by atoms with Gasteiger partial charge in [0.1, 0.15) is 0 Å². The Hall–Kier alpha value is -0.940. The highest BCUT2D eigenvalue weighted by Crippen LogP contribution is 2.02. The first-order valence-corrected chi connectivity index (χ1v) is 4.77. The quantitative estimate of drug-likeness (QED) is 0.722. The van der Waals surface area contributed by atoms with E-state index in [1.165, 1.54) is 0 Å². The van der Waals surface area contributed by atoms with E-state index >= 15 is 0 Å². The first kappa shape index (κ1) is 11.1. The van der Waals surface area contributed by atoms with Crippen molar-refractivity contribution in [1.82, 2.24) is 15.5 Å². The highest BCUT2D eigenvalue weighted by atomic mass is 16.5. The van der Waals surface area contributed by atoms with E-state index in [1.807, 2.05) is 13.8 Å². The fourth-order valence-corrected chi connectivity index (χ4v) is 1.02. The molecule has 0 spiro atoms. The maximum absolute atomic E-state index is 8.92. The second-order valence-electron chi connectivity index (χ2n) is 3.56. The number of hydrogen-bond donors (Lipinski definition) is 2. The zero-order valence-electron chi connectivity index (χ0n) is 8.82. The molecule has 80 valence electrons. The summed E-state index contributed by atoms with van der Waals surface area (Å²) in [5.74, 6) is 1.45. The molecule has 1 heterocycles. The minimum atomic E-state index is 0.180. The SMILES string of the molecule is Cc1nc(CNC(C)C(C)CO)no1. The van der Waals surface area contributed by atoms with Gasteiger partial charge < -0.3 is 14.9 Å². The molecule has 0 aliphatic heterocycles. The number of aromatic nitrogens is 2. The third-order valence-electron chi connectivity index (χ3n) is 2.29. The molecule has 5 heteroatoms. The average Bonchev–Trinajstić information content (AvgIpc) is 2.59. The summed E-state index contributed by atoms with van der Waals surface area (Å²) in [6.45, 7) is 6.52. The van der Waals surface area contributed by atoms with E-state index in [-0.39, 0.29) is 18.6 Å². The summed E-state index contributed by atoms with van der Waals surface area (Å²) in [5, 5.41) is 15.9. The van der Waals surface area contributed by atoms with Gasteiger partial charge in [-0.2, -0.15) is 4.98 Å². The summed E-state index contributed by atoms with van der Waals surface area (Å²) in [4.78, 5) is 4.07. The molecule has 0 saturated carbocycles. The molecular weight excluding hydrogens is 182 g/mol. The molecule has 0 fully saturated rings. The third kappa shape index (κ3) is 3.08. The number of nitrogens with one attached hydrogen (secondary N) is 1. The van der Waals surface area contributed by atoms with Crippen molar-refractivity contribution in [2.24, 2.45) is 5.92 Å². The fourth-order valence-electron chi connectivity index (χ4n) is 1.02. The summed E-state index contributed by atoms with van der Waals surface area (Å²) in [7, 11) is 0. The van der Waals surface area contributed by atoms with Gasteiger partial charge in [0.25, 0.3) is 0 Å². The maximum atomic E-state index is 8.92. The fraction of sp³-hybridized carbons (Fsp3) is 0.778. The van der Waals surface area contributed by atoms with Gasteiger partial charge in [0.15, 0.2) is 5.82 Å². The van der Waals surface area contributed by atoms with Gasteiger partial charge in [-0.05, 0) is 12.8 Å². The van der Waals surface area contributed by atoms with E-state index in [9.17, 15) is 0 Å². The molecule has 1 rings (SSSR count). The first-order valence-electron chi connectivity index (χ1n) is 4.77. The highest BCUT2D eigenvalue weighted by Gasteiger charge is 2.11. The molecular formula is C9H17N3O2. The van der Waals surface area contributed by atoms with Gasteiger partial charge in [-0.15, -0.1) is 0 Å². The second-order valence-corrected chi connectivity index (χ2v) is 3.56. The summed E-state index contributed by atoms with van der Waals surface area (Å²) < 4.78 is 4.83. The van der Waals surface area contributed by atoms with Crippen LogP contribution in [0, 0.1) is 12.8 Å². The van der Waals surface area contributed by atoms with Crippen LogP contribution in [0.25, 0.3) is 0 Å². The molecule has 2 N–H and O–H groups in total. The molecule has 2 unspecified atom stereocenters. The maximum Gasteiger partial charge on any atom is 0.223 e. The number of aliphatic hydroxyl groups excluding tert-OH is 1. The lowest BCUT2D eigenvalue weighted by molar-refractivity contribution is 0.206. The van der Waals surface area contributed by atoms with Gasteiger partial charge in [-0.3, -0.25) is 0 Å². The average molecular weight is 199 g/mol. The zero-order chi connectivity index (χ0) is 10.6. The van der Waals surface area contributed by atoms with Crippen LogP contribution in [0.5, 0.6) is 0 Å². The molecule has 0 radical (unpaired) electrons. The van der Waals surface area contributed by atoms with E-state index in [1.54, 1.807) is 6.92 Å². The van der Waals surface area contributed by atoms with E-state index in [2.05, 4.69) is 15.5 Å². The molecule has 5 nitrogen and oxygen atoms in total. The van der Waals surface area contributed by atoms with E-state index in [0.717, 1.165) is 0 Å². The van der Waals surface area contributed by atoms with Crippen molar-refractivity contribution < 1.29 is 9.63 Å². The lowest BCUT2D eigenvalue weighted by Crippen LogP contribution is -2.33. The summed E-state index contributed by atoms with van der Waals surface area (Å²) in [5.41, 5.74) is 0. The van der Waals surface area contributed by atoms with Gasteiger partial charge >= 0.3 is 0 Å². The Morgan fingerprint density at radius 1 is 1.50 bits per heavy atom. The lowest BCUT2D eigenvalue weighted by Gasteiger charge is -2.17. The lowest BCUT2D eigenvalue weighted by atomic mass is 10.1. The summed E-state index contributed by atoms with van der Waals surface area (Å²) in [6, 6.07) is 0.235. The highest BCUT2D eigenvalue weighted by molar-refractivity contribution is 4.84. The van der Waals surface area contributed by atoms with Crippen molar-refractivity contribution in [3.8, 4) is 0 Å². The number of hydrogen-bond acceptors (Lipinski definition) is 5. The standard InChI is InChI=1S/C9H17N3O2/c1-6(5-13)7(2)10-4-9-11-8(3)14-12-9/h6-7,10,13H,4-5H2,1-3H3. The molecule has 1 aromatic rings. The van der Waals surface area contributed by atoms with Crippen LogP contribution in [0.2, 0.25) is 0 Å². The van der Waals surface area contributed by atoms with Crippen LogP contribution < -0.4 is 5.32 Å². The zero-order valence-corrected chi connectivity index (χ0v) is 8.82. The largest absolute Gasteiger partial charge is 0.396 e. The van der Waals surface area contributed by atoms with Crippen LogP contribution in [0.1, 0.15) is 25.6 Å². The Labute approximate surface area is 83.5 Å². The van der Waals surface area contributed by atoms with Crippen molar-refractivity contribution in [3.05, 3.63) is 11.7 Å². The van der Waals surface area contributed by atoms with Crippen LogP contribution in [0.3, 0.4) is 0 Å². The van der Waals surface area contributed by atoms with Gasteiger partial charge in [-0.1, -0.05) is 12.1 Å². The third-order valence-corrected chi connectivity index (χ3v) is 2.29. The number of rotatable bonds is 5. The molecule has 2 atom stereocenters. The van der Waals surface area contributed by atoms with Crippen LogP contribution >= 0.6 is 0 Å². The van der Waals surface area contributed by atoms with Crippen molar-refractivity contribution in [2.75, 3.05) is 6.61 Å². The Balaban J connectivity index is 2.33. The smallest absolute Gasteiger partial charge is 0.223 e.